The lowest BCUT2D eigenvalue weighted by atomic mass is 10.1. The van der Waals surface area contributed by atoms with E-state index in [0.29, 0.717) is 0 Å². The van der Waals surface area contributed by atoms with Crippen molar-refractivity contribution >= 4 is 21.7 Å². The Kier molecular flexibility index (Phi) is 2.40. The van der Waals surface area contributed by atoms with E-state index in [1.807, 2.05) is 0 Å². The first kappa shape index (κ1) is 11.3. The normalized spacial score (nSPS) is 11.2. The second-order valence-corrected chi connectivity index (χ2v) is 5.30. The van der Waals surface area contributed by atoms with Crippen molar-refractivity contribution in [2.24, 2.45) is 0 Å². The van der Waals surface area contributed by atoms with Crippen molar-refractivity contribution in [2.75, 3.05) is 0 Å². The second kappa shape index (κ2) is 4.24. The molecule has 0 aliphatic heterocycles. The Morgan fingerprint density at radius 2 is 1.65 bits per heavy atom. The molecule has 0 atom stereocenters. The van der Waals surface area contributed by atoms with Gasteiger partial charge in [0.05, 0.1) is 0 Å². The van der Waals surface area contributed by atoms with Crippen LogP contribution >= 0.6 is 0 Å². The Labute approximate surface area is 117 Å². The number of hydrogen-bond acceptors (Lipinski definition) is 0. The molecule has 0 radical (unpaired) electrons. The number of benzene rings is 3. The third kappa shape index (κ3) is 1.71. The number of rotatable bonds is 1. The summed E-state index contributed by atoms with van der Waals surface area (Å²) < 4.78 is 0. The van der Waals surface area contributed by atoms with Crippen LogP contribution in [0.3, 0.4) is 0 Å². The van der Waals surface area contributed by atoms with E-state index in [-0.39, 0.29) is 0 Å². The molecular formula is C19H15N. The zero-order valence-electron chi connectivity index (χ0n) is 11.4. The average molecular weight is 257 g/mol. The standard InChI is InChI=1S/C19H15N/c1-13-5-4-7-15(11-13)19-12-17-16-8-3-2-6-14(16)9-10-18(17)20-19/h2-12,20H,1H3. The minimum Gasteiger partial charge on any atom is -0.355 e. The summed E-state index contributed by atoms with van der Waals surface area (Å²) in [6, 6.07) is 23.7. The highest BCUT2D eigenvalue weighted by Gasteiger charge is 2.06. The predicted molar refractivity (Wildman–Crippen MR) is 86.0 cm³/mol. The third-order valence-electron chi connectivity index (χ3n) is 3.86. The van der Waals surface area contributed by atoms with Crippen molar-refractivity contribution in [1.29, 1.82) is 0 Å². The fourth-order valence-corrected chi connectivity index (χ4v) is 2.85. The quantitative estimate of drug-likeness (QED) is 0.476. The van der Waals surface area contributed by atoms with E-state index in [0.717, 1.165) is 0 Å². The molecule has 0 aliphatic rings. The molecule has 4 aromatic rings. The van der Waals surface area contributed by atoms with Crippen LogP contribution in [0.15, 0.2) is 66.7 Å². The Bertz CT molecular complexity index is 915. The number of H-pyrrole nitrogens is 1. The summed E-state index contributed by atoms with van der Waals surface area (Å²) in [5, 5.41) is 3.88. The van der Waals surface area contributed by atoms with Gasteiger partial charge in [-0.3, -0.25) is 0 Å². The number of aryl methyl sites for hydroxylation is 1. The first-order valence-corrected chi connectivity index (χ1v) is 6.89. The number of fused-ring (bicyclic) bond motifs is 3. The highest BCUT2D eigenvalue weighted by molar-refractivity contribution is 6.08. The van der Waals surface area contributed by atoms with E-state index in [1.54, 1.807) is 0 Å². The Morgan fingerprint density at radius 3 is 2.55 bits per heavy atom. The summed E-state index contributed by atoms with van der Waals surface area (Å²) in [7, 11) is 0. The maximum atomic E-state index is 3.53. The van der Waals surface area contributed by atoms with Gasteiger partial charge in [-0.25, -0.2) is 0 Å². The molecule has 0 fully saturated rings. The summed E-state index contributed by atoms with van der Waals surface area (Å²) in [5.74, 6) is 0. The molecule has 1 heteroatoms. The number of nitrogens with one attached hydrogen (secondary N) is 1. The fraction of sp³-hybridized carbons (Fsp3) is 0.0526. The first-order chi connectivity index (χ1) is 9.81. The van der Waals surface area contributed by atoms with Crippen LogP contribution in [0, 0.1) is 6.92 Å². The van der Waals surface area contributed by atoms with Gasteiger partial charge in [-0.2, -0.15) is 0 Å². The van der Waals surface area contributed by atoms with Gasteiger partial charge in [0.15, 0.2) is 0 Å². The van der Waals surface area contributed by atoms with Crippen LogP contribution in [0.5, 0.6) is 0 Å². The molecule has 3 aromatic carbocycles. The number of hydrogen-bond donors (Lipinski definition) is 1. The Hall–Kier alpha value is -2.54. The van der Waals surface area contributed by atoms with Gasteiger partial charge in [0.2, 0.25) is 0 Å². The SMILES string of the molecule is Cc1cccc(-c2cc3c(ccc4ccccc43)[nH]2)c1. The van der Waals surface area contributed by atoms with Crippen molar-refractivity contribution in [1.82, 2.24) is 4.98 Å². The fourth-order valence-electron chi connectivity index (χ4n) is 2.85. The van der Waals surface area contributed by atoms with Gasteiger partial charge in [-0.05, 0) is 41.5 Å². The molecule has 96 valence electrons. The van der Waals surface area contributed by atoms with Gasteiger partial charge in [-0.15, -0.1) is 0 Å². The zero-order valence-corrected chi connectivity index (χ0v) is 11.4. The van der Waals surface area contributed by atoms with E-state index in [2.05, 4.69) is 78.6 Å². The van der Waals surface area contributed by atoms with Crippen molar-refractivity contribution in [3.8, 4) is 11.3 Å². The van der Waals surface area contributed by atoms with Gasteiger partial charge in [0, 0.05) is 16.6 Å². The van der Waals surface area contributed by atoms with Crippen LogP contribution in [-0.4, -0.2) is 4.98 Å². The van der Waals surface area contributed by atoms with Gasteiger partial charge in [-0.1, -0.05) is 54.1 Å². The lowest BCUT2D eigenvalue weighted by molar-refractivity contribution is 1.42. The molecule has 0 bridgehead atoms. The van der Waals surface area contributed by atoms with Crippen molar-refractivity contribution < 1.29 is 0 Å². The molecular weight excluding hydrogens is 242 g/mol. The monoisotopic (exact) mass is 257 g/mol. The van der Waals surface area contributed by atoms with Crippen LogP contribution in [0.2, 0.25) is 0 Å². The lowest BCUT2D eigenvalue weighted by Gasteiger charge is -1.98. The highest BCUT2D eigenvalue weighted by atomic mass is 14.7. The average Bonchev–Trinajstić information content (AvgIpc) is 2.92. The smallest absolute Gasteiger partial charge is 0.0465 e. The largest absolute Gasteiger partial charge is 0.355 e. The molecule has 1 heterocycles. The van der Waals surface area contributed by atoms with Crippen molar-refractivity contribution in [2.45, 2.75) is 6.92 Å². The van der Waals surface area contributed by atoms with E-state index >= 15 is 0 Å². The lowest BCUT2D eigenvalue weighted by Crippen LogP contribution is -1.78. The van der Waals surface area contributed by atoms with Crippen LogP contribution in [0.25, 0.3) is 32.9 Å². The molecule has 1 nitrogen and oxygen atoms in total. The van der Waals surface area contributed by atoms with Crippen molar-refractivity contribution in [3.63, 3.8) is 0 Å². The molecule has 0 amide bonds. The molecule has 1 N–H and O–H groups in total. The minimum absolute atomic E-state index is 1.18. The van der Waals surface area contributed by atoms with Gasteiger partial charge in [0.1, 0.15) is 0 Å². The number of aromatic amines is 1. The van der Waals surface area contributed by atoms with Crippen LogP contribution in [0.4, 0.5) is 0 Å². The third-order valence-corrected chi connectivity index (χ3v) is 3.86. The molecule has 0 aliphatic carbocycles. The van der Waals surface area contributed by atoms with Gasteiger partial charge < -0.3 is 4.98 Å². The second-order valence-electron chi connectivity index (χ2n) is 5.30. The Morgan fingerprint density at radius 1 is 0.750 bits per heavy atom. The van der Waals surface area contributed by atoms with Crippen molar-refractivity contribution in [3.05, 3.63) is 72.3 Å². The number of aromatic nitrogens is 1. The molecule has 1 aromatic heterocycles. The van der Waals surface area contributed by atoms with E-state index in [9.17, 15) is 0 Å². The van der Waals surface area contributed by atoms with E-state index in [1.165, 1.54) is 38.5 Å². The Balaban J connectivity index is 2.01. The van der Waals surface area contributed by atoms with E-state index in [4.69, 9.17) is 0 Å². The predicted octanol–water partition coefficient (Wildman–Crippen LogP) is 5.30. The van der Waals surface area contributed by atoms with Gasteiger partial charge >= 0.3 is 0 Å². The zero-order chi connectivity index (χ0) is 13.5. The van der Waals surface area contributed by atoms with Crippen LogP contribution in [-0.2, 0) is 0 Å². The van der Waals surface area contributed by atoms with E-state index < -0.39 is 0 Å². The van der Waals surface area contributed by atoms with Crippen LogP contribution < -0.4 is 0 Å². The maximum absolute atomic E-state index is 3.53. The molecule has 0 unspecified atom stereocenters. The molecule has 0 saturated carbocycles. The summed E-state index contributed by atoms with van der Waals surface area (Å²) in [5.41, 5.74) is 4.90. The topological polar surface area (TPSA) is 15.8 Å². The molecule has 0 spiro atoms. The summed E-state index contributed by atoms with van der Waals surface area (Å²) in [4.78, 5) is 3.53. The summed E-state index contributed by atoms with van der Waals surface area (Å²) >= 11 is 0. The highest BCUT2D eigenvalue weighted by Crippen LogP contribution is 2.30. The first-order valence-electron chi connectivity index (χ1n) is 6.89. The molecule has 0 saturated heterocycles. The molecule has 4 rings (SSSR count). The van der Waals surface area contributed by atoms with Crippen LogP contribution in [0.1, 0.15) is 5.56 Å². The summed E-state index contributed by atoms with van der Waals surface area (Å²) in [6.45, 7) is 2.13. The summed E-state index contributed by atoms with van der Waals surface area (Å²) in [6.07, 6.45) is 0. The maximum Gasteiger partial charge on any atom is 0.0465 e. The minimum atomic E-state index is 1.18. The van der Waals surface area contributed by atoms with Gasteiger partial charge in [0.25, 0.3) is 0 Å². The molecule has 20 heavy (non-hydrogen) atoms.